The number of rotatable bonds is 6. The van der Waals surface area contributed by atoms with Gasteiger partial charge in [0.05, 0.1) is 21.3 Å². The van der Waals surface area contributed by atoms with Crippen LogP contribution < -0.4 is 5.32 Å². The second-order valence-electron chi connectivity index (χ2n) is 7.00. The number of nitrogens with zero attached hydrogens (tertiary/aromatic N) is 5. The van der Waals surface area contributed by atoms with Crippen molar-refractivity contribution in [3.8, 4) is 10.6 Å². The normalized spacial score (nSPS) is 15.8. The highest BCUT2D eigenvalue weighted by atomic mass is 32.1. The Kier molecular flexibility index (Phi) is 6.58. The first-order valence-corrected chi connectivity index (χ1v) is 11.5. The lowest BCUT2D eigenvalue weighted by Crippen LogP contribution is -2.52. The standard InChI is InChI=1S/C20H26N6OS2/c1-15-23-18(14-28-15)19-4-3-17(29-19)5-7-22-20(21-2)26-10-8-25(9-11-26)13-16-6-12-27-24-16/h3-4,6,12,14H,5,7-11,13H2,1-2H3,(H,21,22). The quantitative estimate of drug-likeness (QED) is 0.479. The third kappa shape index (κ3) is 5.23. The van der Waals surface area contributed by atoms with Crippen molar-refractivity contribution in [1.29, 1.82) is 0 Å². The molecule has 0 spiro atoms. The van der Waals surface area contributed by atoms with Gasteiger partial charge in [-0.25, -0.2) is 4.98 Å². The molecule has 3 aromatic rings. The molecule has 7 nitrogen and oxygen atoms in total. The SMILES string of the molecule is CN=C(NCCc1ccc(-c2csc(C)n2)s1)N1CCN(Cc2ccon2)CC1. The number of thiazole rings is 1. The molecule has 3 aromatic heterocycles. The number of piperazine rings is 1. The predicted octanol–water partition coefficient (Wildman–Crippen LogP) is 3.10. The first-order chi connectivity index (χ1) is 14.2. The summed E-state index contributed by atoms with van der Waals surface area (Å²) in [6.07, 6.45) is 2.62. The molecule has 4 heterocycles. The van der Waals surface area contributed by atoms with Crippen LogP contribution in [0, 0.1) is 6.92 Å². The van der Waals surface area contributed by atoms with Crippen molar-refractivity contribution in [2.45, 2.75) is 19.9 Å². The number of thiophene rings is 1. The third-order valence-corrected chi connectivity index (χ3v) is 6.89. The number of guanidine groups is 1. The topological polar surface area (TPSA) is 69.8 Å². The molecule has 0 radical (unpaired) electrons. The van der Waals surface area contributed by atoms with Crippen LogP contribution in [0.3, 0.4) is 0 Å². The van der Waals surface area contributed by atoms with E-state index in [0.29, 0.717) is 0 Å². The minimum Gasteiger partial charge on any atom is -0.364 e. The first kappa shape index (κ1) is 20.1. The van der Waals surface area contributed by atoms with Crippen LogP contribution in [0.15, 0.2) is 39.4 Å². The molecular formula is C20H26N6OS2. The highest BCUT2D eigenvalue weighted by Crippen LogP contribution is 2.29. The fourth-order valence-electron chi connectivity index (χ4n) is 3.42. The fraction of sp³-hybridized carbons (Fsp3) is 0.450. The van der Waals surface area contributed by atoms with Crippen molar-refractivity contribution in [1.82, 2.24) is 25.3 Å². The molecule has 1 fully saturated rings. The van der Waals surface area contributed by atoms with Crippen LogP contribution in [0.4, 0.5) is 0 Å². The Morgan fingerprint density at radius 2 is 2.10 bits per heavy atom. The summed E-state index contributed by atoms with van der Waals surface area (Å²) in [4.78, 5) is 16.4. The summed E-state index contributed by atoms with van der Waals surface area (Å²) < 4.78 is 4.92. The second-order valence-corrected chi connectivity index (χ2v) is 9.23. The number of hydrogen-bond donors (Lipinski definition) is 1. The Morgan fingerprint density at radius 1 is 1.24 bits per heavy atom. The highest BCUT2D eigenvalue weighted by Gasteiger charge is 2.20. The van der Waals surface area contributed by atoms with Gasteiger partial charge in [-0.3, -0.25) is 9.89 Å². The van der Waals surface area contributed by atoms with Gasteiger partial charge < -0.3 is 14.7 Å². The number of hydrogen-bond acceptors (Lipinski definition) is 7. The van der Waals surface area contributed by atoms with Gasteiger partial charge in [0.1, 0.15) is 6.26 Å². The molecule has 154 valence electrons. The summed E-state index contributed by atoms with van der Waals surface area (Å²) in [7, 11) is 1.86. The number of aliphatic imine (C=N–C) groups is 1. The smallest absolute Gasteiger partial charge is 0.193 e. The van der Waals surface area contributed by atoms with Gasteiger partial charge in [-0.2, -0.15) is 0 Å². The molecule has 0 saturated carbocycles. The fourth-order valence-corrected chi connectivity index (χ4v) is 5.08. The Labute approximate surface area is 179 Å². The van der Waals surface area contributed by atoms with E-state index in [1.807, 2.05) is 31.4 Å². The number of aryl methyl sites for hydroxylation is 1. The van der Waals surface area contributed by atoms with E-state index in [9.17, 15) is 0 Å². The van der Waals surface area contributed by atoms with Gasteiger partial charge in [-0.15, -0.1) is 22.7 Å². The summed E-state index contributed by atoms with van der Waals surface area (Å²) in [5.74, 6) is 0.984. The third-order valence-electron chi connectivity index (χ3n) is 4.95. The molecule has 1 aliphatic rings. The Hall–Kier alpha value is -2.23. The predicted molar refractivity (Wildman–Crippen MR) is 119 cm³/mol. The van der Waals surface area contributed by atoms with E-state index in [-0.39, 0.29) is 0 Å². The van der Waals surface area contributed by atoms with Crippen molar-refractivity contribution in [2.24, 2.45) is 4.99 Å². The zero-order valence-electron chi connectivity index (χ0n) is 16.8. The summed E-state index contributed by atoms with van der Waals surface area (Å²) in [5, 5.41) is 10.8. The van der Waals surface area contributed by atoms with Gasteiger partial charge in [0.15, 0.2) is 5.96 Å². The lowest BCUT2D eigenvalue weighted by molar-refractivity contribution is 0.169. The van der Waals surface area contributed by atoms with E-state index in [2.05, 4.69) is 47.8 Å². The lowest BCUT2D eigenvalue weighted by atomic mass is 10.3. The van der Waals surface area contributed by atoms with Crippen molar-refractivity contribution >= 4 is 28.6 Å². The number of nitrogens with one attached hydrogen (secondary N) is 1. The van der Waals surface area contributed by atoms with Gasteiger partial charge in [-0.05, 0) is 25.5 Å². The zero-order valence-corrected chi connectivity index (χ0v) is 18.4. The van der Waals surface area contributed by atoms with Crippen LogP contribution in [-0.4, -0.2) is 65.7 Å². The van der Waals surface area contributed by atoms with Crippen LogP contribution >= 0.6 is 22.7 Å². The summed E-state index contributed by atoms with van der Waals surface area (Å²) in [5.41, 5.74) is 2.08. The van der Waals surface area contributed by atoms with E-state index in [1.165, 1.54) is 9.75 Å². The molecule has 0 atom stereocenters. The molecule has 0 unspecified atom stereocenters. The van der Waals surface area contributed by atoms with Gasteiger partial charge in [0.2, 0.25) is 0 Å². The van der Waals surface area contributed by atoms with E-state index in [0.717, 1.165) is 68.0 Å². The Morgan fingerprint density at radius 3 is 2.79 bits per heavy atom. The minimum absolute atomic E-state index is 0.843. The highest BCUT2D eigenvalue weighted by molar-refractivity contribution is 7.16. The van der Waals surface area contributed by atoms with E-state index in [4.69, 9.17) is 4.52 Å². The van der Waals surface area contributed by atoms with Crippen LogP contribution in [0.1, 0.15) is 15.6 Å². The average Bonchev–Trinajstić information content (AvgIpc) is 3.48. The van der Waals surface area contributed by atoms with Crippen molar-refractivity contribution in [3.63, 3.8) is 0 Å². The Balaban J connectivity index is 1.22. The molecular weight excluding hydrogens is 404 g/mol. The maximum Gasteiger partial charge on any atom is 0.193 e. The van der Waals surface area contributed by atoms with Crippen LogP contribution in [0.25, 0.3) is 10.6 Å². The van der Waals surface area contributed by atoms with Crippen LogP contribution in [0.2, 0.25) is 0 Å². The monoisotopic (exact) mass is 430 g/mol. The van der Waals surface area contributed by atoms with Gasteiger partial charge in [0.25, 0.3) is 0 Å². The van der Waals surface area contributed by atoms with Gasteiger partial charge in [0, 0.05) is 62.6 Å². The average molecular weight is 431 g/mol. The largest absolute Gasteiger partial charge is 0.364 e. The molecule has 0 aromatic carbocycles. The number of aromatic nitrogens is 2. The molecule has 1 N–H and O–H groups in total. The molecule has 1 saturated heterocycles. The molecule has 4 rings (SSSR count). The molecule has 0 amide bonds. The summed E-state index contributed by atoms with van der Waals surface area (Å²) in [6.45, 7) is 7.68. The van der Waals surface area contributed by atoms with E-state index >= 15 is 0 Å². The first-order valence-electron chi connectivity index (χ1n) is 9.79. The maximum absolute atomic E-state index is 4.92. The van der Waals surface area contributed by atoms with Gasteiger partial charge >= 0.3 is 0 Å². The molecule has 0 aliphatic carbocycles. The van der Waals surface area contributed by atoms with Gasteiger partial charge in [-0.1, -0.05) is 5.16 Å². The van der Waals surface area contributed by atoms with Crippen LogP contribution in [0.5, 0.6) is 0 Å². The second kappa shape index (κ2) is 9.51. The molecule has 29 heavy (non-hydrogen) atoms. The van der Waals surface area contributed by atoms with Crippen molar-refractivity contribution in [2.75, 3.05) is 39.8 Å². The lowest BCUT2D eigenvalue weighted by Gasteiger charge is -2.36. The minimum atomic E-state index is 0.843. The molecule has 0 bridgehead atoms. The van der Waals surface area contributed by atoms with Crippen molar-refractivity contribution < 1.29 is 4.52 Å². The summed E-state index contributed by atoms with van der Waals surface area (Å²) in [6, 6.07) is 6.32. The molecule has 1 aliphatic heterocycles. The van der Waals surface area contributed by atoms with Crippen molar-refractivity contribution in [3.05, 3.63) is 45.4 Å². The molecule has 9 heteroatoms. The van der Waals surface area contributed by atoms with Crippen LogP contribution in [-0.2, 0) is 13.0 Å². The Bertz CT molecular complexity index is 925. The maximum atomic E-state index is 4.92. The van der Waals surface area contributed by atoms with E-state index in [1.54, 1.807) is 17.6 Å². The van der Waals surface area contributed by atoms with E-state index < -0.39 is 0 Å². The zero-order chi connectivity index (χ0) is 20.1. The summed E-state index contributed by atoms with van der Waals surface area (Å²) >= 11 is 3.53.